The summed E-state index contributed by atoms with van der Waals surface area (Å²) < 4.78 is 1.84. The number of hydrogen-bond donors (Lipinski definition) is 2. The summed E-state index contributed by atoms with van der Waals surface area (Å²) in [5.74, 6) is -0.111. The second-order valence-corrected chi connectivity index (χ2v) is 6.48. The lowest BCUT2D eigenvalue weighted by molar-refractivity contribution is -0.124. The van der Waals surface area contributed by atoms with Crippen molar-refractivity contribution in [1.82, 2.24) is 20.1 Å². The summed E-state index contributed by atoms with van der Waals surface area (Å²) >= 11 is 0. The topological polar surface area (TPSA) is 79.8 Å². The molecule has 0 saturated heterocycles. The third kappa shape index (κ3) is 2.99. The molecule has 0 aliphatic carbocycles. The number of rotatable bonds is 5. The molecule has 6 nitrogen and oxygen atoms in total. The molecule has 0 aliphatic heterocycles. The molecule has 1 atom stereocenters. The third-order valence-corrected chi connectivity index (χ3v) is 4.84. The van der Waals surface area contributed by atoms with Crippen LogP contribution in [0.2, 0.25) is 0 Å². The summed E-state index contributed by atoms with van der Waals surface area (Å²) in [6.07, 6.45) is 2.21. The van der Waals surface area contributed by atoms with E-state index in [1.165, 1.54) is 0 Å². The number of aromatic amines is 1. The Hall–Kier alpha value is -3.41. The minimum atomic E-state index is -0.486. The number of hydrogen-bond acceptors (Lipinski definition) is 3. The zero-order valence-electron chi connectivity index (χ0n) is 15.0. The number of amides is 1. The first-order valence-corrected chi connectivity index (χ1v) is 8.98. The van der Waals surface area contributed by atoms with Crippen molar-refractivity contribution in [3.05, 3.63) is 76.7 Å². The van der Waals surface area contributed by atoms with Crippen LogP contribution in [0.4, 0.5) is 0 Å². The van der Waals surface area contributed by atoms with E-state index in [4.69, 9.17) is 0 Å². The Morgan fingerprint density at radius 1 is 1.11 bits per heavy atom. The predicted octanol–water partition coefficient (Wildman–Crippen LogP) is 3.15. The minimum absolute atomic E-state index is 0.111. The van der Waals surface area contributed by atoms with E-state index in [0.29, 0.717) is 18.5 Å². The van der Waals surface area contributed by atoms with Gasteiger partial charge in [0.15, 0.2) is 0 Å². The van der Waals surface area contributed by atoms with E-state index in [9.17, 15) is 9.59 Å². The van der Waals surface area contributed by atoms with Gasteiger partial charge in [0.25, 0.3) is 5.56 Å². The number of carbonyl (C=O) groups excluding carboxylic acids is 1. The molecule has 4 aromatic rings. The fraction of sp³-hybridized carbons (Fsp3) is 0.190. The first-order chi connectivity index (χ1) is 13.2. The second-order valence-electron chi connectivity index (χ2n) is 6.48. The lowest BCUT2D eigenvalue weighted by Gasteiger charge is -2.19. The van der Waals surface area contributed by atoms with Crippen molar-refractivity contribution in [3.8, 4) is 0 Å². The van der Waals surface area contributed by atoms with Gasteiger partial charge in [0.2, 0.25) is 5.91 Å². The number of para-hydroxylation sites is 1. The van der Waals surface area contributed by atoms with E-state index in [1.807, 2.05) is 66.1 Å². The molecule has 0 spiro atoms. The van der Waals surface area contributed by atoms with Crippen LogP contribution in [0.1, 0.15) is 24.9 Å². The standard InChI is InChI=1S/C21H20N4O2/c1-2-17(20(26)22-12-14-8-4-3-5-9-14)25-18-11-7-6-10-15(18)16-13-23-24-21(27)19(16)25/h3-11,13,17H,2,12H2,1H3,(H,22,26)(H,24,27). The molecule has 2 aromatic heterocycles. The SMILES string of the molecule is CCC(C(=O)NCc1ccccc1)n1c2ccccc2c2cn[nH]c(=O)c21. The van der Waals surface area contributed by atoms with Crippen LogP contribution < -0.4 is 10.9 Å². The molecule has 136 valence electrons. The van der Waals surface area contributed by atoms with Crippen molar-refractivity contribution in [2.75, 3.05) is 0 Å². The van der Waals surface area contributed by atoms with E-state index in [0.717, 1.165) is 21.9 Å². The summed E-state index contributed by atoms with van der Waals surface area (Å²) in [5.41, 5.74) is 2.07. The molecule has 6 heteroatoms. The highest BCUT2D eigenvalue weighted by molar-refractivity contribution is 6.08. The summed E-state index contributed by atoms with van der Waals surface area (Å²) in [6.45, 7) is 2.40. The molecule has 1 amide bonds. The van der Waals surface area contributed by atoms with Crippen LogP contribution in [0, 0.1) is 0 Å². The van der Waals surface area contributed by atoms with Crippen LogP contribution in [0.5, 0.6) is 0 Å². The number of aromatic nitrogens is 3. The summed E-state index contributed by atoms with van der Waals surface area (Å²) in [7, 11) is 0. The molecule has 0 bridgehead atoms. The van der Waals surface area contributed by atoms with Crippen molar-refractivity contribution < 1.29 is 4.79 Å². The van der Waals surface area contributed by atoms with Crippen molar-refractivity contribution in [1.29, 1.82) is 0 Å². The van der Waals surface area contributed by atoms with Crippen LogP contribution in [-0.4, -0.2) is 20.7 Å². The molecule has 2 aromatic carbocycles. The van der Waals surface area contributed by atoms with Crippen molar-refractivity contribution in [2.45, 2.75) is 25.9 Å². The van der Waals surface area contributed by atoms with Crippen LogP contribution >= 0.6 is 0 Å². The fourth-order valence-electron chi connectivity index (χ4n) is 3.57. The molecule has 2 N–H and O–H groups in total. The minimum Gasteiger partial charge on any atom is -0.350 e. The highest BCUT2D eigenvalue weighted by Gasteiger charge is 2.24. The first-order valence-electron chi connectivity index (χ1n) is 8.98. The monoisotopic (exact) mass is 360 g/mol. The zero-order valence-corrected chi connectivity index (χ0v) is 15.0. The Morgan fingerprint density at radius 3 is 2.63 bits per heavy atom. The maximum atomic E-state index is 13.0. The lowest BCUT2D eigenvalue weighted by Crippen LogP contribution is -2.32. The molecule has 0 aliphatic rings. The molecular weight excluding hydrogens is 340 g/mol. The normalized spacial score (nSPS) is 12.3. The van der Waals surface area contributed by atoms with Crippen molar-refractivity contribution >= 4 is 27.7 Å². The summed E-state index contributed by atoms with van der Waals surface area (Å²) in [4.78, 5) is 25.5. The molecule has 2 heterocycles. The largest absolute Gasteiger partial charge is 0.350 e. The highest BCUT2D eigenvalue weighted by atomic mass is 16.2. The molecule has 0 saturated carbocycles. The summed E-state index contributed by atoms with van der Waals surface area (Å²) in [6, 6.07) is 17.0. The maximum absolute atomic E-state index is 13.0. The molecule has 0 radical (unpaired) electrons. The number of nitrogens with one attached hydrogen (secondary N) is 2. The molecule has 27 heavy (non-hydrogen) atoms. The Balaban J connectivity index is 1.78. The molecule has 4 rings (SSSR count). The number of benzene rings is 2. The average molecular weight is 360 g/mol. The quantitative estimate of drug-likeness (QED) is 0.574. The number of H-pyrrole nitrogens is 1. The van der Waals surface area contributed by atoms with Gasteiger partial charge in [-0.05, 0) is 18.1 Å². The number of carbonyl (C=O) groups is 1. The van der Waals surface area contributed by atoms with Crippen molar-refractivity contribution in [3.63, 3.8) is 0 Å². The van der Waals surface area contributed by atoms with Gasteiger partial charge >= 0.3 is 0 Å². The van der Waals surface area contributed by atoms with Gasteiger partial charge in [0, 0.05) is 17.3 Å². The van der Waals surface area contributed by atoms with E-state index < -0.39 is 6.04 Å². The van der Waals surface area contributed by atoms with Crippen molar-refractivity contribution in [2.24, 2.45) is 0 Å². The van der Waals surface area contributed by atoms with E-state index in [-0.39, 0.29) is 11.5 Å². The fourth-order valence-corrected chi connectivity index (χ4v) is 3.57. The van der Waals surface area contributed by atoms with Gasteiger partial charge in [-0.1, -0.05) is 55.5 Å². The van der Waals surface area contributed by atoms with E-state index in [1.54, 1.807) is 6.20 Å². The van der Waals surface area contributed by atoms with Gasteiger partial charge in [-0.2, -0.15) is 5.10 Å². The number of nitrogens with zero attached hydrogens (tertiary/aromatic N) is 2. The Labute approximate surface area is 155 Å². The van der Waals surface area contributed by atoms with E-state index >= 15 is 0 Å². The first kappa shape index (κ1) is 17.0. The Bertz CT molecular complexity index is 1160. The van der Waals surface area contributed by atoms with Gasteiger partial charge in [0.05, 0.1) is 11.7 Å². The van der Waals surface area contributed by atoms with Gasteiger partial charge in [-0.3, -0.25) is 9.59 Å². The molecule has 1 unspecified atom stereocenters. The zero-order chi connectivity index (χ0) is 18.8. The second kappa shape index (κ2) is 7.07. The van der Waals surface area contributed by atoms with Gasteiger partial charge in [0.1, 0.15) is 11.6 Å². The Morgan fingerprint density at radius 2 is 1.85 bits per heavy atom. The van der Waals surface area contributed by atoms with Crippen LogP contribution in [0.15, 0.2) is 65.6 Å². The van der Waals surface area contributed by atoms with Gasteiger partial charge in [-0.25, -0.2) is 5.10 Å². The third-order valence-electron chi connectivity index (χ3n) is 4.84. The summed E-state index contributed by atoms with van der Waals surface area (Å²) in [5, 5.41) is 11.1. The lowest BCUT2D eigenvalue weighted by atomic mass is 10.1. The van der Waals surface area contributed by atoms with Crippen LogP contribution in [0.3, 0.4) is 0 Å². The molecule has 0 fully saturated rings. The van der Waals surface area contributed by atoms with Gasteiger partial charge < -0.3 is 9.88 Å². The Kier molecular flexibility index (Phi) is 4.46. The van der Waals surface area contributed by atoms with Crippen LogP contribution in [-0.2, 0) is 11.3 Å². The highest BCUT2D eigenvalue weighted by Crippen LogP contribution is 2.30. The van der Waals surface area contributed by atoms with Gasteiger partial charge in [-0.15, -0.1) is 0 Å². The predicted molar refractivity (Wildman–Crippen MR) is 105 cm³/mol. The van der Waals surface area contributed by atoms with E-state index in [2.05, 4.69) is 15.5 Å². The smallest absolute Gasteiger partial charge is 0.288 e. The maximum Gasteiger partial charge on any atom is 0.288 e. The molecular formula is C21H20N4O2. The average Bonchev–Trinajstić information content (AvgIpc) is 3.04. The number of fused-ring (bicyclic) bond motifs is 3. The van der Waals surface area contributed by atoms with Crippen LogP contribution in [0.25, 0.3) is 21.8 Å².